The van der Waals surface area contributed by atoms with E-state index in [0.29, 0.717) is 11.1 Å². The van der Waals surface area contributed by atoms with Gasteiger partial charge in [-0.05, 0) is 41.5 Å². The quantitative estimate of drug-likeness (QED) is 0.610. The molecule has 90 valence electrons. The van der Waals surface area contributed by atoms with E-state index in [4.69, 9.17) is 5.26 Å². The average Bonchev–Trinajstić information content (AvgIpc) is 2.46. The van der Waals surface area contributed by atoms with Crippen molar-refractivity contribution in [3.63, 3.8) is 0 Å². The van der Waals surface area contributed by atoms with Gasteiger partial charge in [-0.2, -0.15) is 10.5 Å². The molecule has 0 saturated carbocycles. The van der Waals surface area contributed by atoms with E-state index in [1.165, 1.54) is 0 Å². The summed E-state index contributed by atoms with van der Waals surface area (Å²) in [6.07, 6.45) is 1.81. The van der Waals surface area contributed by atoms with Crippen LogP contribution in [0, 0.1) is 22.7 Å². The molecule has 0 spiro atoms. The van der Waals surface area contributed by atoms with Gasteiger partial charge in [0.1, 0.15) is 0 Å². The molecule has 2 nitrogen and oxygen atoms in total. The Morgan fingerprint density at radius 1 is 0.947 bits per heavy atom. The second kappa shape index (κ2) is 6.00. The molecule has 0 unspecified atom stereocenters. The molecule has 0 saturated heterocycles. The van der Waals surface area contributed by atoms with Gasteiger partial charge in [-0.3, -0.25) is 0 Å². The van der Waals surface area contributed by atoms with Crippen LogP contribution in [-0.4, -0.2) is 0 Å². The monoisotopic (exact) mass is 308 g/mol. The second-order valence-electron chi connectivity index (χ2n) is 3.91. The SMILES string of the molecule is N#C/C(=C/c1ccc(C#N)cc1)c1ccc(Br)cc1. The van der Waals surface area contributed by atoms with Crippen LogP contribution >= 0.6 is 15.9 Å². The summed E-state index contributed by atoms with van der Waals surface area (Å²) in [6.45, 7) is 0. The highest BCUT2D eigenvalue weighted by Gasteiger charge is 2.01. The van der Waals surface area contributed by atoms with E-state index in [-0.39, 0.29) is 0 Å². The maximum atomic E-state index is 9.23. The largest absolute Gasteiger partial charge is 0.192 e. The minimum atomic E-state index is 0.595. The van der Waals surface area contributed by atoms with Gasteiger partial charge >= 0.3 is 0 Å². The van der Waals surface area contributed by atoms with Gasteiger partial charge in [0.2, 0.25) is 0 Å². The van der Waals surface area contributed by atoms with Crippen molar-refractivity contribution in [2.45, 2.75) is 0 Å². The number of rotatable bonds is 2. The number of nitrogens with zero attached hydrogens (tertiary/aromatic N) is 2. The first-order chi connectivity index (χ1) is 9.22. The van der Waals surface area contributed by atoms with Crippen LogP contribution in [-0.2, 0) is 0 Å². The molecule has 0 aliphatic heterocycles. The summed E-state index contributed by atoms with van der Waals surface area (Å²) in [4.78, 5) is 0. The third-order valence-electron chi connectivity index (χ3n) is 2.63. The zero-order valence-electron chi connectivity index (χ0n) is 9.97. The first kappa shape index (κ1) is 13.1. The van der Waals surface area contributed by atoms with Crippen molar-refractivity contribution in [2.24, 2.45) is 0 Å². The smallest absolute Gasteiger partial charge is 0.0998 e. The minimum absolute atomic E-state index is 0.595. The Hall–Kier alpha value is -2.36. The molecule has 0 bridgehead atoms. The van der Waals surface area contributed by atoms with Crippen LogP contribution in [0.15, 0.2) is 53.0 Å². The Bertz CT molecular complexity index is 684. The van der Waals surface area contributed by atoms with Crippen LogP contribution in [0.2, 0.25) is 0 Å². The van der Waals surface area contributed by atoms with E-state index in [9.17, 15) is 5.26 Å². The number of allylic oxidation sites excluding steroid dienone is 1. The van der Waals surface area contributed by atoms with Crippen LogP contribution in [0.25, 0.3) is 11.6 Å². The predicted octanol–water partition coefficient (Wildman–Crippen LogP) is 4.38. The molecule has 2 aromatic rings. The average molecular weight is 309 g/mol. The Kier molecular flexibility index (Phi) is 4.13. The number of nitriles is 2. The zero-order chi connectivity index (χ0) is 13.7. The van der Waals surface area contributed by atoms with Gasteiger partial charge in [0.05, 0.1) is 23.3 Å². The Morgan fingerprint density at radius 2 is 1.58 bits per heavy atom. The summed E-state index contributed by atoms with van der Waals surface area (Å²) >= 11 is 3.37. The highest BCUT2D eigenvalue weighted by Crippen LogP contribution is 2.20. The molecule has 0 aliphatic rings. The summed E-state index contributed by atoms with van der Waals surface area (Å²) in [5.74, 6) is 0. The highest BCUT2D eigenvalue weighted by atomic mass is 79.9. The summed E-state index contributed by atoms with van der Waals surface area (Å²) in [6, 6.07) is 19.0. The highest BCUT2D eigenvalue weighted by molar-refractivity contribution is 9.10. The lowest BCUT2D eigenvalue weighted by atomic mass is 10.0. The third kappa shape index (κ3) is 3.31. The van der Waals surface area contributed by atoms with E-state index in [1.54, 1.807) is 12.1 Å². The Balaban J connectivity index is 2.36. The standard InChI is InChI=1S/C16H9BrN2/c17-16-7-5-14(6-8-16)15(11-19)9-12-1-3-13(10-18)4-2-12/h1-9H/b15-9-. The molecule has 0 atom stereocenters. The molecule has 0 heterocycles. The second-order valence-corrected chi connectivity index (χ2v) is 4.83. The normalized spacial score (nSPS) is 10.6. The molecule has 0 radical (unpaired) electrons. The van der Waals surface area contributed by atoms with Gasteiger partial charge in [-0.25, -0.2) is 0 Å². The van der Waals surface area contributed by atoms with E-state index in [0.717, 1.165) is 15.6 Å². The molecule has 2 rings (SSSR count). The van der Waals surface area contributed by atoms with Gasteiger partial charge < -0.3 is 0 Å². The van der Waals surface area contributed by atoms with E-state index < -0.39 is 0 Å². The van der Waals surface area contributed by atoms with Crippen LogP contribution in [0.5, 0.6) is 0 Å². The van der Waals surface area contributed by atoms with Crippen molar-refractivity contribution in [3.05, 3.63) is 69.7 Å². The molecule has 0 amide bonds. The number of hydrogen-bond donors (Lipinski definition) is 0. The topological polar surface area (TPSA) is 47.6 Å². The number of benzene rings is 2. The van der Waals surface area contributed by atoms with Crippen LogP contribution in [0.4, 0.5) is 0 Å². The summed E-state index contributed by atoms with van der Waals surface area (Å²) in [5, 5.41) is 18.0. The molecule has 19 heavy (non-hydrogen) atoms. The molecule has 0 N–H and O–H groups in total. The van der Waals surface area contributed by atoms with E-state index >= 15 is 0 Å². The van der Waals surface area contributed by atoms with Crippen LogP contribution < -0.4 is 0 Å². The fraction of sp³-hybridized carbons (Fsp3) is 0. The van der Waals surface area contributed by atoms with Gasteiger partial charge in [0.15, 0.2) is 0 Å². The van der Waals surface area contributed by atoms with Crippen LogP contribution in [0.3, 0.4) is 0 Å². The van der Waals surface area contributed by atoms with E-state index in [1.807, 2.05) is 42.5 Å². The number of halogens is 1. The lowest BCUT2D eigenvalue weighted by Crippen LogP contribution is -1.82. The third-order valence-corrected chi connectivity index (χ3v) is 3.16. The molecule has 3 heteroatoms. The molecular formula is C16H9BrN2. The lowest BCUT2D eigenvalue weighted by Gasteiger charge is -2.00. The van der Waals surface area contributed by atoms with Gasteiger partial charge in [0.25, 0.3) is 0 Å². The van der Waals surface area contributed by atoms with Crippen molar-refractivity contribution in [2.75, 3.05) is 0 Å². The summed E-state index contributed by atoms with van der Waals surface area (Å²) in [5.41, 5.74) is 2.98. The van der Waals surface area contributed by atoms with Gasteiger partial charge in [-0.1, -0.05) is 40.2 Å². The van der Waals surface area contributed by atoms with Gasteiger partial charge in [-0.15, -0.1) is 0 Å². The number of hydrogen-bond acceptors (Lipinski definition) is 2. The first-order valence-electron chi connectivity index (χ1n) is 5.61. The molecule has 2 aromatic carbocycles. The molecule has 0 aromatic heterocycles. The van der Waals surface area contributed by atoms with Crippen molar-refractivity contribution in [1.29, 1.82) is 10.5 Å². The fourth-order valence-electron chi connectivity index (χ4n) is 1.63. The van der Waals surface area contributed by atoms with E-state index in [2.05, 4.69) is 28.1 Å². The maximum absolute atomic E-state index is 9.23. The molecule has 0 fully saturated rings. The summed E-state index contributed by atoms with van der Waals surface area (Å²) < 4.78 is 0.979. The van der Waals surface area contributed by atoms with Crippen molar-refractivity contribution >= 4 is 27.6 Å². The Morgan fingerprint density at radius 3 is 2.11 bits per heavy atom. The first-order valence-corrected chi connectivity index (χ1v) is 6.40. The fourth-order valence-corrected chi connectivity index (χ4v) is 1.89. The minimum Gasteiger partial charge on any atom is -0.192 e. The Labute approximate surface area is 120 Å². The lowest BCUT2D eigenvalue weighted by molar-refractivity contribution is 1.48. The van der Waals surface area contributed by atoms with Crippen molar-refractivity contribution in [3.8, 4) is 12.1 Å². The predicted molar refractivity (Wildman–Crippen MR) is 78.8 cm³/mol. The molecular weight excluding hydrogens is 300 g/mol. The zero-order valence-corrected chi connectivity index (χ0v) is 11.6. The maximum Gasteiger partial charge on any atom is 0.0998 e. The molecule has 0 aliphatic carbocycles. The van der Waals surface area contributed by atoms with Crippen molar-refractivity contribution in [1.82, 2.24) is 0 Å². The van der Waals surface area contributed by atoms with Crippen molar-refractivity contribution < 1.29 is 0 Å². The van der Waals surface area contributed by atoms with Crippen LogP contribution in [0.1, 0.15) is 16.7 Å². The van der Waals surface area contributed by atoms with Gasteiger partial charge in [0, 0.05) is 4.47 Å². The summed E-state index contributed by atoms with van der Waals surface area (Å²) in [7, 11) is 0.